The highest BCUT2D eigenvalue weighted by Gasteiger charge is 2.37. The Balaban J connectivity index is 1.70. The van der Waals surface area contributed by atoms with Gasteiger partial charge in [-0.25, -0.2) is 9.78 Å². The van der Waals surface area contributed by atoms with Gasteiger partial charge in [0.2, 0.25) is 0 Å². The first-order chi connectivity index (χ1) is 11.6. The molecule has 0 bridgehead atoms. The summed E-state index contributed by atoms with van der Waals surface area (Å²) in [4.78, 5) is 46.6. The van der Waals surface area contributed by atoms with Gasteiger partial charge < -0.3 is 9.64 Å². The monoisotopic (exact) mass is 330 g/mol. The van der Waals surface area contributed by atoms with E-state index in [-0.39, 0.29) is 29.1 Å². The number of H-pyrrole nitrogens is 2. The van der Waals surface area contributed by atoms with E-state index in [0.29, 0.717) is 18.7 Å². The number of fused-ring (bicyclic) bond motifs is 2. The Morgan fingerprint density at radius 2 is 2.08 bits per heavy atom. The summed E-state index contributed by atoms with van der Waals surface area (Å²) in [5.41, 5.74) is -0.630. The maximum absolute atomic E-state index is 12.9. The van der Waals surface area contributed by atoms with Gasteiger partial charge in [-0.15, -0.1) is 0 Å². The second-order valence-electron chi connectivity index (χ2n) is 6.29. The molecule has 126 valence electrons. The number of nitrogens with one attached hydrogen (secondary N) is 2. The van der Waals surface area contributed by atoms with Crippen LogP contribution >= 0.6 is 0 Å². The normalized spacial score (nSPS) is 23.9. The maximum atomic E-state index is 12.9. The Morgan fingerprint density at radius 3 is 2.96 bits per heavy atom. The number of aromatic nitrogens is 3. The van der Waals surface area contributed by atoms with Crippen LogP contribution in [0, 0.1) is 0 Å². The van der Waals surface area contributed by atoms with Gasteiger partial charge in [-0.3, -0.25) is 19.6 Å². The smallest absolute Gasteiger partial charge is 0.327 e. The second kappa shape index (κ2) is 5.86. The van der Waals surface area contributed by atoms with Crippen molar-refractivity contribution in [2.24, 2.45) is 0 Å². The lowest BCUT2D eigenvalue weighted by molar-refractivity contribution is -0.0752. The van der Waals surface area contributed by atoms with Gasteiger partial charge >= 0.3 is 5.69 Å². The van der Waals surface area contributed by atoms with E-state index in [4.69, 9.17) is 4.74 Å². The summed E-state index contributed by atoms with van der Waals surface area (Å²) in [5, 5.41) is 0.203. The van der Waals surface area contributed by atoms with Crippen molar-refractivity contribution in [1.29, 1.82) is 0 Å². The fourth-order valence-corrected chi connectivity index (χ4v) is 3.68. The number of ether oxygens (including phenoxy) is 1. The fraction of sp³-hybridized carbons (Fsp3) is 0.500. The van der Waals surface area contributed by atoms with Crippen molar-refractivity contribution in [3.63, 3.8) is 0 Å². The quantitative estimate of drug-likeness (QED) is 0.786. The Labute approximate surface area is 136 Å². The molecule has 2 aromatic rings. The van der Waals surface area contributed by atoms with Gasteiger partial charge in [0.05, 0.1) is 29.7 Å². The number of pyridine rings is 1. The molecule has 1 aliphatic carbocycles. The van der Waals surface area contributed by atoms with E-state index < -0.39 is 11.2 Å². The summed E-state index contributed by atoms with van der Waals surface area (Å²) in [7, 11) is 0. The number of amides is 1. The molecule has 0 aromatic carbocycles. The molecule has 3 heterocycles. The van der Waals surface area contributed by atoms with E-state index in [0.717, 1.165) is 25.7 Å². The standard InChI is InChI=1S/C16H18N4O4/c21-14-10-7-9(8-17-13(10)18-16(23)19-14)15(22)20-5-6-24-12-4-2-1-3-11(12)20/h7-8,11-12H,1-6H2,(H2,17,18,19,21,23)/t11-,12+/m1/s1. The second-order valence-corrected chi connectivity index (χ2v) is 6.29. The third-order valence-corrected chi connectivity index (χ3v) is 4.83. The molecule has 8 heteroatoms. The van der Waals surface area contributed by atoms with E-state index in [1.807, 2.05) is 4.90 Å². The average molecular weight is 330 g/mol. The summed E-state index contributed by atoms with van der Waals surface area (Å²) < 4.78 is 5.80. The van der Waals surface area contributed by atoms with Gasteiger partial charge in [0, 0.05) is 12.7 Å². The molecule has 1 amide bonds. The number of morpholine rings is 1. The molecular weight excluding hydrogens is 312 g/mol. The molecule has 8 nitrogen and oxygen atoms in total. The predicted molar refractivity (Wildman–Crippen MR) is 86.0 cm³/mol. The topological polar surface area (TPSA) is 108 Å². The lowest BCUT2D eigenvalue weighted by Gasteiger charge is -2.43. The Morgan fingerprint density at radius 1 is 1.25 bits per heavy atom. The molecule has 1 aliphatic heterocycles. The van der Waals surface area contributed by atoms with Crippen molar-refractivity contribution < 1.29 is 9.53 Å². The van der Waals surface area contributed by atoms with E-state index in [1.54, 1.807) is 0 Å². The van der Waals surface area contributed by atoms with Crippen LogP contribution in [0.5, 0.6) is 0 Å². The lowest BCUT2D eigenvalue weighted by Crippen LogP contribution is -2.54. The molecule has 2 N–H and O–H groups in total. The molecule has 24 heavy (non-hydrogen) atoms. The van der Waals surface area contributed by atoms with Crippen LogP contribution in [0.3, 0.4) is 0 Å². The first-order valence-corrected chi connectivity index (χ1v) is 8.18. The summed E-state index contributed by atoms with van der Waals surface area (Å²) >= 11 is 0. The molecule has 1 saturated heterocycles. The SMILES string of the molecule is O=C(c1cnc2[nH]c(=O)[nH]c(=O)c2c1)N1CCO[C@H]2CCCC[C@H]21. The molecule has 1 saturated carbocycles. The van der Waals surface area contributed by atoms with Crippen molar-refractivity contribution in [1.82, 2.24) is 19.9 Å². The minimum atomic E-state index is -0.614. The van der Waals surface area contributed by atoms with Crippen molar-refractivity contribution >= 4 is 16.9 Å². The van der Waals surface area contributed by atoms with Crippen LogP contribution in [0.2, 0.25) is 0 Å². The summed E-state index contributed by atoms with van der Waals surface area (Å²) in [6.07, 6.45) is 5.64. The van der Waals surface area contributed by atoms with Crippen LogP contribution in [-0.2, 0) is 4.74 Å². The van der Waals surface area contributed by atoms with Crippen LogP contribution in [0.4, 0.5) is 0 Å². The van der Waals surface area contributed by atoms with Crippen LogP contribution in [0.25, 0.3) is 11.0 Å². The maximum Gasteiger partial charge on any atom is 0.327 e. The zero-order valence-electron chi connectivity index (χ0n) is 13.1. The highest BCUT2D eigenvalue weighted by molar-refractivity contribution is 5.97. The van der Waals surface area contributed by atoms with Crippen molar-refractivity contribution in [2.45, 2.75) is 37.8 Å². The van der Waals surface area contributed by atoms with Crippen molar-refractivity contribution in [3.05, 3.63) is 38.7 Å². The minimum Gasteiger partial charge on any atom is -0.374 e. The first kappa shape index (κ1) is 15.1. The molecule has 2 aromatic heterocycles. The van der Waals surface area contributed by atoms with Gasteiger partial charge in [0.1, 0.15) is 5.65 Å². The summed E-state index contributed by atoms with van der Waals surface area (Å²) in [6.45, 7) is 1.07. The van der Waals surface area contributed by atoms with Gasteiger partial charge in [0.15, 0.2) is 0 Å². The highest BCUT2D eigenvalue weighted by atomic mass is 16.5. The van der Waals surface area contributed by atoms with Crippen molar-refractivity contribution in [2.75, 3.05) is 13.2 Å². The third-order valence-electron chi connectivity index (χ3n) is 4.83. The number of carbonyl (C=O) groups excluding carboxylic acids is 1. The van der Waals surface area contributed by atoms with Crippen molar-refractivity contribution in [3.8, 4) is 0 Å². The molecule has 0 radical (unpaired) electrons. The van der Waals surface area contributed by atoms with Crippen LogP contribution in [0.15, 0.2) is 21.9 Å². The average Bonchev–Trinajstić information content (AvgIpc) is 2.60. The van der Waals surface area contributed by atoms with Gasteiger partial charge in [-0.1, -0.05) is 12.8 Å². The van der Waals surface area contributed by atoms with Crippen LogP contribution in [0.1, 0.15) is 36.0 Å². The van der Waals surface area contributed by atoms with E-state index in [2.05, 4.69) is 15.0 Å². The Hall–Kier alpha value is -2.48. The number of rotatable bonds is 1. The third kappa shape index (κ3) is 2.52. The lowest BCUT2D eigenvalue weighted by atomic mass is 9.90. The zero-order valence-corrected chi connectivity index (χ0v) is 13.1. The number of hydrogen-bond acceptors (Lipinski definition) is 5. The summed E-state index contributed by atoms with van der Waals surface area (Å²) in [5.74, 6) is -0.143. The van der Waals surface area contributed by atoms with Gasteiger partial charge in [-0.2, -0.15) is 0 Å². The van der Waals surface area contributed by atoms with Crippen LogP contribution < -0.4 is 11.2 Å². The number of nitrogens with zero attached hydrogens (tertiary/aromatic N) is 2. The number of hydrogen-bond donors (Lipinski definition) is 2. The van der Waals surface area contributed by atoms with E-state index in [9.17, 15) is 14.4 Å². The van der Waals surface area contributed by atoms with E-state index >= 15 is 0 Å². The molecule has 2 atom stereocenters. The van der Waals surface area contributed by atoms with Gasteiger partial charge in [0.25, 0.3) is 11.5 Å². The largest absolute Gasteiger partial charge is 0.374 e. The number of carbonyl (C=O) groups is 1. The molecule has 2 aliphatic rings. The molecule has 4 rings (SSSR count). The zero-order chi connectivity index (χ0) is 16.7. The molecule has 2 fully saturated rings. The molecule has 0 spiro atoms. The number of aromatic amines is 2. The first-order valence-electron chi connectivity index (χ1n) is 8.18. The minimum absolute atomic E-state index is 0.0876. The van der Waals surface area contributed by atoms with Gasteiger partial charge in [-0.05, 0) is 18.9 Å². The van der Waals surface area contributed by atoms with E-state index in [1.165, 1.54) is 12.3 Å². The predicted octanol–water partition coefficient (Wildman–Crippen LogP) is 0.395. The fourth-order valence-electron chi connectivity index (χ4n) is 3.68. The Kier molecular flexibility index (Phi) is 3.68. The Bertz CT molecular complexity index is 901. The summed E-state index contributed by atoms with van der Waals surface area (Å²) in [6, 6.07) is 1.58. The highest BCUT2D eigenvalue weighted by Crippen LogP contribution is 2.29. The molecule has 0 unspecified atom stereocenters. The van der Waals surface area contributed by atoms with Crippen LogP contribution in [-0.4, -0.2) is 51.1 Å². The molecular formula is C16H18N4O4.